The number of hydrogen-bond donors (Lipinski definition) is 7. The van der Waals surface area contributed by atoms with Gasteiger partial charge in [-0.25, -0.2) is 0 Å². The molecule has 0 aliphatic carbocycles. The standard InChI is InChI=1S/C24H38N2O13/c1-15(28)23(38-9-3-6-21(32)33)24(36,39-10-4-7-22(34)35)19-13-25-16(12-26-19)11-17(29)18(14-27)37-8-2-5-20(30)31/h12-13,15,17-18,23,27-29,36H,2-11,14H2,1H3,(H,30,31)(H,32,33)(H,34,35)/t15-,17-,18-,23-,24?/m0/s1. The zero-order chi connectivity index (χ0) is 29.4. The first-order chi connectivity index (χ1) is 18.4. The van der Waals surface area contributed by atoms with Crippen LogP contribution in [-0.4, -0.2) is 114 Å². The topological polar surface area (TPSA) is 246 Å². The molecule has 222 valence electrons. The third-order valence-corrected chi connectivity index (χ3v) is 5.48. The van der Waals surface area contributed by atoms with E-state index in [2.05, 4.69) is 9.97 Å². The third kappa shape index (κ3) is 12.7. The van der Waals surface area contributed by atoms with Gasteiger partial charge >= 0.3 is 17.9 Å². The Morgan fingerprint density at radius 1 is 0.872 bits per heavy atom. The van der Waals surface area contributed by atoms with Gasteiger partial charge in [-0.2, -0.15) is 0 Å². The highest BCUT2D eigenvalue weighted by Crippen LogP contribution is 2.30. The first-order valence-corrected chi connectivity index (χ1v) is 12.4. The van der Waals surface area contributed by atoms with E-state index in [-0.39, 0.29) is 76.2 Å². The van der Waals surface area contributed by atoms with Crippen LogP contribution in [0.15, 0.2) is 12.4 Å². The van der Waals surface area contributed by atoms with Crippen molar-refractivity contribution in [3.8, 4) is 0 Å². The lowest BCUT2D eigenvalue weighted by Crippen LogP contribution is -2.50. The molecule has 1 rings (SSSR count). The molecule has 5 atom stereocenters. The summed E-state index contributed by atoms with van der Waals surface area (Å²) in [5, 5.41) is 68.0. The van der Waals surface area contributed by atoms with Gasteiger partial charge in [0.25, 0.3) is 0 Å². The largest absolute Gasteiger partial charge is 0.481 e. The van der Waals surface area contributed by atoms with Crippen molar-refractivity contribution in [2.45, 2.75) is 82.1 Å². The number of carbonyl (C=O) groups is 3. The predicted octanol–water partition coefficient (Wildman–Crippen LogP) is -0.720. The number of aliphatic hydroxyl groups excluding tert-OH is 3. The fourth-order valence-electron chi connectivity index (χ4n) is 3.50. The van der Waals surface area contributed by atoms with E-state index in [1.807, 2.05) is 0 Å². The average molecular weight is 563 g/mol. The van der Waals surface area contributed by atoms with Crippen molar-refractivity contribution in [3.05, 3.63) is 23.8 Å². The van der Waals surface area contributed by atoms with Crippen molar-refractivity contribution in [3.63, 3.8) is 0 Å². The molecular weight excluding hydrogens is 524 g/mol. The lowest BCUT2D eigenvalue weighted by Gasteiger charge is -2.36. The Morgan fingerprint density at radius 3 is 1.87 bits per heavy atom. The number of nitrogens with zero attached hydrogens (tertiary/aromatic N) is 2. The molecule has 1 aromatic heterocycles. The molecule has 0 amide bonds. The molecule has 0 aliphatic rings. The van der Waals surface area contributed by atoms with Crippen molar-refractivity contribution in [2.75, 3.05) is 26.4 Å². The maximum absolute atomic E-state index is 11.4. The Hall–Kier alpha value is -2.79. The SMILES string of the molecule is C[C@H](O)[C@H](OCCCC(=O)O)C(O)(OCCCC(=O)O)c1cnc(C[C@H](O)[C@H](CO)OCCCC(=O)O)cn1. The van der Waals surface area contributed by atoms with Gasteiger partial charge in [0.05, 0.1) is 37.3 Å². The van der Waals surface area contributed by atoms with E-state index in [1.165, 1.54) is 13.1 Å². The second-order valence-corrected chi connectivity index (χ2v) is 8.83. The van der Waals surface area contributed by atoms with Crippen LogP contribution in [0.2, 0.25) is 0 Å². The van der Waals surface area contributed by atoms with Crippen molar-refractivity contribution >= 4 is 17.9 Å². The number of hydrogen-bond acceptors (Lipinski definition) is 12. The van der Waals surface area contributed by atoms with Gasteiger partial charge in [-0.1, -0.05) is 0 Å². The highest BCUT2D eigenvalue weighted by Gasteiger charge is 2.45. The minimum absolute atomic E-state index is 0.0125. The molecule has 39 heavy (non-hydrogen) atoms. The maximum atomic E-state index is 11.4. The average Bonchev–Trinajstić information content (AvgIpc) is 2.86. The number of carboxylic acids is 3. The fourth-order valence-corrected chi connectivity index (χ4v) is 3.50. The number of aromatic nitrogens is 2. The Labute approximate surface area is 225 Å². The molecule has 0 aliphatic heterocycles. The van der Waals surface area contributed by atoms with Crippen LogP contribution in [0.4, 0.5) is 0 Å². The Morgan fingerprint density at radius 2 is 1.41 bits per heavy atom. The molecule has 0 saturated heterocycles. The van der Waals surface area contributed by atoms with E-state index in [1.54, 1.807) is 0 Å². The van der Waals surface area contributed by atoms with Gasteiger partial charge in [-0.15, -0.1) is 0 Å². The smallest absolute Gasteiger partial charge is 0.303 e. The first-order valence-electron chi connectivity index (χ1n) is 12.4. The summed E-state index contributed by atoms with van der Waals surface area (Å²) in [6.07, 6.45) is -3.05. The van der Waals surface area contributed by atoms with E-state index < -0.39 is 54.7 Å². The summed E-state index contributed by atoms with van der Waals surface area (Å²) in [6.45, 7) is 0.411. The maximum Gasteiger partial charge on any atom is 0.303 e. The van der Waals surface area contributed by atoms with E-state index in [4.69, 9.17) is 29.5 Å². The van der Waals surface area contributed by atoms with Crippen LogP contribution in [0.1, 0.15) is 56.8 Å². The molecular formula is C24H38N2O13. The minimum atomic E-state index is -2.39. The van der Waals surface area contributed by atoms with Crippen LogP contribution in [0, 0.1) is 0 Å². The number of ether oxygens (including phenoxy) is 3. The molecule has 1 aromatic rings. The molecule has 7 N–H and O–H groups in total. The molecule has 0 fully saturated rings. The van der Waals surface area contributed by atoms with Crippen LogP contribution < -0.4 is 0 Å². The predicted molar refractivity (Wildman–Crippen MR) is 130 cm³/mol. The summed E-state index contributed by atoms with van der Waals surface area (Å²) in [7, 11) is 0. The minimum Gasteiger partial charge on any atom is -0.481 e. The number of rotatable bonds is 22. The van der Waals surface area contributed by atoms with Gasteiger partial charge in [-0.3, -0.25) is 24.4 Å². The lowest BCUT2D eigenvalue weighted by molar-refractivity contribution is -0.296. The second kappa shape index (κ2) is 17.7. The van der Waals surface area contributed by atoms with Gasteiger partial charge in [-0.05, 0) is 26.2 Å². The molecule has 0 spiro atoms. The van der Waals surface area contributed by atoms with E-state index in [0.29, 0.717) is 0 Å². The van der Waals surface area contributed by atoms with E-state index in [9.17, 15) is 34.8 Å². The summed E-state index contributed by atoms with van der Waals surface area (Å²) in [4.78, 5) is 40.5. The van der Waals surface area contributed by atoms with Gasteiger partial charge in [0.1, 0.15) is 17.9 Å². The zero-order valence-electron chi connectivity index (χ0n) is 21.7. The van der Waals surface area contributed by atoms with Crippen LogP contribution >= 0.6 is 0 Å². The van der Waals surface area contributed by atoms with Gasteiger partial charge in [0, 0.05) is 45.1 Å². The molecule has 0 saturated carbocycles. The van der Waals surface area contributed by atoms with Gasteiger partial charge in [0.2, 0.25) is 5.79 Å². The molecule has 0 aromatic carbocycles. The van der Waals surface area contributed by atoms with Crippen LogP contribution in [-0.2, 0) is 40.8 Å². The third-order valence-electron chi connectivity index (χ3n) is 5.48. The normalized spacial score (nSPS) is 16.1. The Kier molecular flexibility index (Phi) is 15.6. The highest BCUT2D eigenvalue weighted by atomic mass is 16.7. The molecule has 0 bridgehead atoms. The number of aliphatic hydroxyl groups is 4. The van der Waals surface area contributed by atoms with Gasteiger partial charge < -0.3 is 50.0 Å². The van der Waals surface area contributed by atoms with Crippen molar-refractivity contribution < 1.29 is 64.3 Å². The molecule has 0 radical (unpaired) electrons. The van der Waals surface area contributed by atoms with Crippen molar-refractivity contribution in [1.29, 1.82) is 0 Å². The first kappa shape index (κ1) is 34.2. The van der Waals surface area contributed by atoms with Gasteiger partial charge in [0.15, 0.2) is 0 Å². The van der Waals surface area contributed by atoms with Crippen molar-refractivity contribution in [2.24, 2.45) is 0 Å². The van der Waals surface area contributed by atoms with E-state index >= 15 is 0 Å². The van der Waals surface area contributed by atoms with E-state index in [0.717, 1.165) is 6.20 Å². The molecule has 1 unspecified atom stereocenters. The zero-order valence-corrected chi connectivity index (χ0v) is 21.7. The quantitative estimate of drug-likeness (QED) is 0.0680. The fraction of sp³-hybridized carbons (Fsp3) is 0.708. The number of carboxylic acid groups (broad SMARTS) is 3. The van der Waals surface area contributed by atoms with Crippen LogP contribution in [0.3, 0.4) is 0 Å². The summed E-state index contributed by atoms with van der Waals surface area (Å²) in [5.74, 6) is -5.51. The Balaban J connectivity index is 3.01. The molecule has 15 nitrogen and oxygen atoms in total. The summed E-state index contributed by atoms with van der Waals surface area (Å²) in [6, 6.07) is 0. The summed E-state index contributed by atoms with van der Waals surface area (Å²) >= 11 is 0. The van der Waals surface area contributed by atoms with Crippen LogP contribution in [0.5, 0.6) is 0 Å². The summed E-state index contributed by atoms with van der Waals surface area (Å²) in [5.41, 5.74) is 0.0480. The Bertz CT molecular complexity index is 883. The lowest BCUT2D eigenvalue weighted by atomic mass is 10.0. The molecule has 15 heteroatoms. The monoisotopic (exact) mass is 562 g/mol. The number of aliphatic carboxylic acids is 3. The second-order valence-electron chi connectivity index (χ2n) is 8.83. The molecule has 1 heterocycles. The van der Waals surface area contributed by atoms with Crippen molar-refractivity contribution in [1.82, 2.24) is 9.97 Å². The highest BCUT2D eigenvalue weighted by molar-refractivity contribution is 5.67. The van der Waals surface area contributed by atoms with Crippen LogP contribution in [0.25, 0.3) is 0 Å². The summed E-state index contributed by atoms with van der Waals surface area (Å²) < 4.78 is 16.5.